The maximum atomic E-state index is 12.8. The molecule has 1 aliphatic rings. The summed E-state index contributed by atoms with van der Waals surface area (Å²) in [6.07, 6.45) is 1.45. The van der Waals surface area contributed by atoms with Crippen LogP contribution in [0, 0.1) is 13.8 Å². The number of anilines is 1. The molecule has 0 radical (unpaired) electrons. The summed E-state index contributed by atoms with van der Waals surface area (Å²) >= 11 is 1.39. The summed E-state index contributed by atoms with van der Waals surface area (Å²) in [5.41, 5.74) is 2.44. The second kappa shape index (κ2) is 7.76. The number of nitrogens with zero attached hydrogens (tertiary/aromatic N) is 7. The third-order valence-corrected chi connectivity index (χ3v) is 5.80. The molecule has 3 aromatic heterocycles. The number of aromatic amines is 1. The second-order valence-corrected chi connectivity index (χ2v) is 7.52. The van der Waals surface area contributed by atoms with Crippen molar-refractivity contribution < 1.29 is 9.53 Å². The molecule has 1 aliphatic heterocycles. The van der Waals surface area contributed by atoms with Crippen molar-refractivity contribution in [1.29, 1.82) is 0 Å². The van der Waals surface area contributed by atoms with E-state index in [0.717, 1.165) is 35.6 Å². The topological polar surface area (TPSA) is 107 Å². The van der Waals surface area contributed by atoms with Crippen LogP contribution in [-0.2, 0) is 11.8 Å². The van der Waals surface area contributed by atoms with Gasteiger partial charge in [-0.25, -0.2) is 5.10 Å². The van der Waals surface area contributed by atoms with Crippen molar-refractivity contribution >= 4 is 23.5 Å². The molecule has 0 amide bonds. The molecule has 0 bridgehead atoms. The highest BCUT2D eigenvalue weighted by Gasteiger charge is 2.21. The first-order valence-corrected chi connectivity index (χ1v) is 9.97. The second-order valence-electron chi connectivity index (χ2n) is 6.58. The van der Waals surface area contributed by atoms with Gasteiger partial charge >= 0.3 is 0 Å². The minimum absolute atomic E-state index is 0.0415. The van der Waals surface area contributed by atoms with Crippen molar-refractivity contribution in [3.8, 4) is 5.95 Å². The fraction of sp³-hybridized carbons (Fsp3) is 0.471. The Labute approximate surface area is 166 Å². The highest BCUT2D eigenvalue weighted by atomic mass is 32.2. The molecule has 148 valence electrons. The van der Waals surface area contributed by atoms with E-state index in [2.05, 4.69) is 30.3 Å². The average molecular weight is 402 g/mol. The van der Waals surface area contributed by atoms with E-state index in [0.29, 0.717) is 24.7 Å². The zero-order chi connectivity index (χ0) is 19.7. The smallest absolute Gasteiger partial charge is 0.229 e. The van der Waals surface area contributed by atoms with Gasteiger partial charge in [-0.15, -0.1) is 10.2 Å². The Kier molecular flexibility index (Phi) is 5.18. The number of hydrogen-bond acceptors (Lipinski definition) is 8. The number of nitrogens with one attached hydrogen (secondary N) is 1. The molecule has 0 atom stereocenters. The first kappa shape index (κ1) is 18.7. The van der Waals surface area contributed by atoms with Crippen LogP contribution in [-0.4, -0.2) is 72.4 Å². The van der Waals surface area contributed by atoms with E-state index >= 15 is 0 Å². The highest BCUT2D eigenvalue weighted by Crippen LogP contribution is 2.24. The molecule has 28 heavy (non-hydrogen) atoms. The van der Waals surface area contributed by atoms with Crippen molar-refractivity contribution in [2.75, 3.05) is 37.0 Å². The van der Waals surface area contributed by atoms with Crippen LogP contribution < -0.4 is 4.90 Å². The number of aromatic nitrogens is 7. The molecule has 1 fully saturated rings. The van der Waals surface area contributed by atoms with Crippen LogP contribution in [0.1, 0.15) is 21.7 Å². The van der Waals surface area contributed by atoms with Crippen molar-refractivity contribution in [3.63, 3.8) is 0 Å². The summed E-state index contributed by atoms with van der Waals surface area (Å²) in [6.45, 7) is 6.82. The van der Waals surface area contributed by atoms with Gasteiger partial charge in [0.2, 0.25) is 11.9 Å². The zero-order valence-electron chi connectivity index (χ0n) is 16.0. The summed E-state index contributed by atoms with van der Waals surface area (Å²) in [7, 11) is 1.92. The van der Waals surface area contributed by atoms with Gasteiger partial charge in [0.05, 0.1) is 19.0 Å². The number of morpholine rings is 1. The number of aryl methyl sites for hydroxylation is 1. The van der Waals surface area contributed by atoms with E-state index in [9.17, 15) is 4.79 Å². The summed E-state index contributed by atoms with van der Waals surface area (Å²) in [5, 5.41) is 16.0. The Balaban J connectivity index is 1.47. The molecular weight excluding hydrogens is 380 g/mol. The van der Waals surface area contributed by atoms with Gasteiger partial charge in [-0.1, -0.05) is 11.8 Å². The molecule has 0 unspecified atom stereocenters. The van der Waals surface area contributed by atoms with E-state index in [4.69, 9.17) is 4.74 Å². The third kappa shape index (κ3) is 3.42. The maximum Gasteiger partial charge on any atom is 0.229 e. The minimum Gasteiger partial charge on any atom is -0.378 e. The summed E-state index contributed by atoms with van der Waals surface area (Å²) in [4.78, 5) is 19.2. The SMILES string of the molecule is Cc1cc(C(=O)CSc2nnc(N3CCOCC3)n2C)c(C)n1-c1ncn[nH]1. The summed E-state index contributed by atoms with van der Waals surface area (Å²) in [5.74, 6) is 1.74. The van der Waals surface area contributed by atoms with E-state index in [1.807, 2.05) is 36.1 Å². The molecule has 1 N–H and O–H groups in total. The Hall–Kier alpha value is -2.66. The Morgan fingerprint density at radius 3 is 2.79 bits per heavy atom. The van der Waals surface area contributed by atoms with Gasteiger partial charge in [0.25, 0.3) is 0 Å². The molecule has 1 saturated heterocycles. The van der Waals surface area contributed by atoms with Crippen LogP contribution in [0.4, 0.5) is 5.95 Å². The molecule has 0 spiro atoms. The molecule has 0 saturated carbocycles. The number of ether oxygens (including phenoxy) is 1. The highest BCUT2D eigenvalue weighted by molar-refractivity contribution is 7.99. The van der Waals surface area contributed by atoms with Crippen LogP contribution in [0.5, 0.6) is 0 Å². The number of hydrogen-bond donors (Lipinski definition) is 1. The van der Waals surface area contributed by atoms with Gasteiger partial charge in [-0.3, -0.25) is 13.9 Å². The first-order chi connectivity index (χ1) is 13.6. The molecule has 10 nitrogen and oxygen atoms in total. The van der Waals surface area contributed by atoms with E-state index < -0.39 is 0 Å². The van der Waals surface area contributed by atoms with Crippen molar-refractivity contribution in [2.24, 2.45) is 7.05 Å². The van der Waals surface area contributed by atoms with Gasteiger partial charge in [0, 0.05) is 37.1 Å². The third-order valence-electron chi connectivity index (χ3n) is 4.78. The predicted molar refractivity (Wildman–Crippen MR) is 104 cm³/mol. The standard InChI is InChI=1S/C17H22N8O2S/c1-11-8-13(12(2)25(11)15-18-10-19-20-15)14(26)9-28-17-22-21-16(23(17)3)24-4-6-27-7-5-24/h8,10H,4-7,9H2,1-3H3,(H,18,19,20). The lowest BCUT2D eigenvalue weighted by Crippen LogP contribution is -2.37. The Morgan fingerprint density at radius 1 is 1.29 bits per heavy atom. The lowest BCUT2D eigenvalue weighted by atomic mass is 10.2. The van der Waals surface area contributed by atoms with Crippen LogP contribution in [0.2, 0.25) is 0 Å². The molecule has 3 aromatic rings. The lowest BCUT2D eigenvalue weighted by molar-refractivity contribution is 0.102. The molecule has 4 heterocycles. The first-order valence-electron chi connectivity index (χ1n) is 8.99. The monoisotopic (exact) mass is 402 g/mol. The van der Waals surface area contributed by atoms with Crippen molar-refractivity contribution in [2.45, 2.75) is 19.0 Å². The van der Waals surface area contributed by atoms with Crippen LogP contribution >= 0.6 is 11.8 Å². The number of carbonyl (C=O) groups excluding carboxylic acids is 1. The minimum atomic E-state index is 0.0415. The molecule has 0 aromatic carbocycles. The molecule has 11 heteroatoms. The normalized spacial score (nSPS) is 14.6. The number of rotatable bonds is 6. The van der Waals surface area contributed by atoms with Crippen molar-refractivity contribution in [1.82, 2.24) is 34.5 Å². The van der Waals surface area contributed by atoms with Crippen LogP contribution in [0.15, 0.2) is 17.6 Å². The Morgan fingerprint density at radius 2 is 2.07 bits per heavy atom. The number of carbonyl (C=O) groups is 1. The number of thioether (sulfide) groups is 1. The quantitative estimate of drug-likeness (QED) is 0.483. The maximum absolute atomic E-state index is 12.8. The van der Waals surface area contributed by atoms with Gasteiger partial charge in [-0.2, -0.15) is 10.1 Å². The molecular formula is C17H22N8O2S. The average Bonchev–Trinajstić information content (AvgIpc) is 3.41. The van der Waals surface area contributed by atoms with E-state index in [-0.39, 0.29) is 11.5 Å². The fourth-order valence-electron chi connectivity index (χ4n) is 3.36. The van der Waals surface area contributed by atoms with Gasteiger partial charge in [-0.05, 0) is 19.9 Å². The van der Waals surface area contributed by atoms with Gasteiger partial charge in [0.15, 0.2) is 10.9 Å². The van der Waals surface area contributed by atoms with Crippen LogP contribution in [0.3, 0.4) is 0 Å². The molecule has 4 rings (SSSR count). The summed E-state index contributed by atoms with van der Waals surface area (Å²) < 4.78 is 9.21. The molecule has 0 aliphatic carbocycles. The number of ketones is 1. The van der Waals surface area contributed by atoms with Gasteiger partial charge < -0.3 is 9.64 Å². The summed E-state index contributed by atoms with van der Waals surface area (Å²) in [6, 6.07) is 1.89. The zero-order valence-corrected chi connectivity index (χ0v) is 16.9. The lowest BCUT2D eigenvalue weighted by Gasteiger charge is -2.27. The largest absolute Gasteiger partial charge is 0.378 e. The van der Waals surface area contributed by atoms with Crippen LogP contribution in [0.25, 0.3) is 5.95 Å². The number of H-pyrrole nitrogens is 1. The number of Topliss-reactive ketones (excluding diaryl/α,β-unsaturated/α-hetero) is 1. The fourth-order valence-corrected chi connectivity index (χ4v) is 4.15. The predicted octanol–water partition coefficient (Wildman–Crippen LogP) is 1.15. The van der Waals surface area contributed by atoms with Gasteiger partial charge in [0.1, 0.15) is 6.33 Å². The van der Waals surface area contributed by atoms with E-state index in [1.165, 1.54) is 18.1 Å². The van der Waals surface area contributed by atoms with E-state index in [1.54, 1.807) is 0 Å². The Bertz CT molecular complexity index is 972. The van der Waals surface area contributed by atoms with Crippen molar-refractivity contribution in [3.05, 3.63) is 29.3 Å².